The van der Waals surface area contributed by atoms with Gasteiger partial charge in [-0.2, -0.15) is 4.99 Å². The van der Waals surface area contributed by atoms with Crippen LogP contribution in [0.1, 0.15) is 40.8 Å². The van der Waals surface area contributed by atoms with Crippen LogP contribution >= 0.6 is 0 Å². The molecule has 0 aliphatic heterocycles. The SMILES string of the molecule is CCOC(=O)c1cc[nH]c1/C(=N\C(=N)c1cccc(C(F)F)n1)Oc1ccccc1. The lowest BCUT2D eigenvalue weighted by Gasteiger charge is -2.10. The van der Waals surface area contributed by atoms with Gasteiger partial charge < -0.3 is 14.5 Å². The number of nitrogens with zero attached hydrogens (tertiary/aromatic N) is 2. The van der Waals surface area contributed by atoms with Crippen molar-refractivity contribution in [3.8, 4) is 5.75 Å². The molecule has 0 amide bonds. The molecule has 3 rings (SSSR count). The van der Waals surface area contributed by atoms with Gasteiger partial charge in [-0.15, -0.1) is 0 Å². The number of esters is 1. The van der Waals surface area contributed by atoms with Crippen molar-refractivity contribution < 1.29 is 23.0 Å². The highest BCUT2D eigenvalue weighted by atomic mass is 19.3. The maximum absolute atomic E-state index is 12.9. The van der Waals surface area contributed by atoms with Gasteiger partial charge in [0.1, 0.15) is 22.8 Å². The lowest BCUT2D eigenvalue weighted by atomic mass is 10.2. The largest absolute Gasteiger partial charge is 0.462 e. The zero-order chi connectivity index (χ0) is 21.5. The van der Waals surface area contributed by atoms with Crippen LogP contribution in [-0.4, -0.2) is 34.3 Å². The van der Waals surface area contributed by atoms with E-state index in [-0.39, 0.29) is 29.5 Å². The number of aromatic nitrogens is 2. The highest BCUT2D eigenvalue weighted by molar-refractivity contribution is 6.11. The van der Waals surface area contributed by atoms with E-state index < -0.39 is 23.9 Å². The number of hydrogen-bond donors (Lipinski definition) is 2. The molecular weight excluding hydrogens is 394 g/mol. The third-order valence-electron chi connectivity index (χ3n) is 3.86. The highest BCUT2D eigenvalue weighted by Crippen LogP contribution is 2.18. The molecule has 0 saturated carbocycles. The van der Waals surface area contributed by atoms with E-state index in [2.05, 4.69) is 15.0 Å². The second-order valence-corrected chi connectivity index (χ2v) is 5.92. The molecule has 0 spiro atoms. The molecule has 0 aliphatic carbocycles. The first-order valence-corrected chi connectivity index (χ1v) is 9.00. The highest BCUT2D eigenvalue weighted by Gasteiger charge is 2.21. The van der Waals surface area contributed by atoms with Gasteiger partial charge in [0, 0.05) is 6.20 Å². The van der Waals surface area contributed by atoms with Crippen molar-refractivity contribution in [1.29, 1.82) is 5.41 Å². The summed E-state index contributed by atoms with van der Waals surface area (Å²) in [7, 11) is 0. The van der Waals surface area contributed by atoms with Crippen molar-refractivity contribution in [2.24, 2.45) is 4.99 Å². The number of benzene rings is 1. The predicted octanol–water partition coefficient (Wildman–Crippen LogP) is 4.38. The molecule has 9 heteroatoms. The van der Waals surface area contributed by atoms with Gasteiger partial charge in [-0.25, -0.2) is 18.6 Å². The molecule has 0 saturated heterocycles. The molecule has 0 aliphatic rings. The predicted molar refractivity (Wildman–Crippen MR) is 106 cm³/mol. The van der Waals surface area contributed by atoms with Gasteiger partial charge in [0.2, 0.25) is 5.90 Å². The van der Waals surface area contributed by atoms with Crippen LogP contribution in [0.2, 0.25) is 0 Å². The quantitative estimate of drug-likeness (QED) is 0.357. The number of halogens is 2. The zero-order valence-corrected chi connectivity index (χ0v) is 15.9. The van der Waals surface area contributed by atoms with Crippen molar-refractivity contribution in [2.75, 3.05) is 6.61 Å². The van der Waals surface area contributed by atoms with Gasteiger partial charge in [0.25, 0.3) is 6.43 Å². The Labute approximate surface area is 170 Å². The Bertz CT molecular complexity index is 1060. The van der Waals surface area contributed by atoms with Crippen LogP contribution in [0.25, 0.3) is 0 Å². The molecule has 3 aromatic rings. The van der Waals surface area contributed by atoms with Crippen LogP contribution in [0.4, 0.5) is 8.78 Å². The van der Waals surface area contributed by atoms with Gasteiger partial charge in [0.05, 0.1) is 12.2 Å². The molecule has 154 valence electrons. The molecule has 0 fully saturated rings. The number of alkyl halides is 2. The van der Waals surface area contributed by atoms with E-state index in [1.54, 1.807) is 37.3 Å². The van der Waals surface area contributed by atoms with Crippen molar-refractivity contribution in [1.82, 2.24) is 9.97 Å². The lowest BCUT2D eigenvalue weighted by molar-refractivity contribution is 0.0526. The minimum Gasteiger partial charge on any atom is -0.462 e. The van der Waals surface area contributed by atoms with E-state index >= 15 is 0 Å². The van der Waals surface area contributed by atoms with Crippen molar-refractivity contribution in [2.45, 2.75) is 13.3 Å². The van der Waals surface area contributed by atoms with Crippen molar-refractivity contribution >= 4 is 17.7 Å². The summed E-state index contributed by atoms with van der Waals surface area (Å²) in [4.78, 5) is 23.0. The first-order valence-electron chi connectivity index (χ1n) is 9.00. The van der Waals surface area contributed by atoms with E-state index in [1.807, 2.05) is 0 Å². The minimum atomic E-state index is -2.78. The van der Waals surface area contributed by atoms with Crippen LogP contribution in [0.3, 0.4) is 0 Å². The van der Waals surface area contributed by atoms with E-state index in [4.69, 9.17) is 14.9 Å². The van der Waals surface area contributed by atoms with Crippen LogP contribution in [-0.2, 0) is 4.74 Å². The zero-order valence-electron chi connectivity index (χ0n) is 15.9. The number of ether oxygens (including phenoxy) is 2. The Morgan fingerprint density at radius 3 is 2.63 bits per heavy atom. The fraction of sp³-hybridized carbons (Fsp3) is 0.143. The van der Waals surface area contributed by atoms with Gasteiger partial charge in [0.15, 0.2) is 5.84 Å². The number of aliphatic imine (C=N–C) groups is 1. The summed E-state index contributed by atoms with van der Waals surface area (Å²) in [5.74, 6) is -0.707. The topological polar surface area (TPSA) is 100 Å². The van der Waals surface area contributed by atoms with Gasteiger partial charge >= 0.3 is 5.97 Å². The second kappa shape index (κ2) is 9.55. The van der Waals surface area contributed by atoms with Crippen LogP contribution < -0.4 is 4.74 Å². The normalized spacial score (nSPS) is 11.4. The molecule has 2 N–H and O–H groups in total. The number of rotatable bonds is 6. The Kier molecular flexibility index (Phi) is 6.63. The third-order valence-corrected chi connectivity index (χ3v) is 3.86. The van der Waals surface area contributed by atoms with Gasteiger partial charge in [-0.3, -0.25) is 5.41 Å². The number of nitrogens with one attached hydrogen (secondary N) is 2. The fourth-order valence-corrected chi connectivity index (χ4v) is 2.52. The Balaban J connectivity index is 2.02. The average Bonchev–Trinajstić information content (AvgIpc) is 3.24. The number of hydrogen-bond acceptors (Lipinski definition) is 5. The smallest absolute Gasteiger partial charge is 0.340 e. The van der Waals surface area contributed by atoms with E-state index in [0.717, 1.165) is 6.07 Å². The summed E-state index contributed by atoms with van der Waals surface area (Å²) < 4.78 is 36.7. The van der Waals surface area contributed by atoms with Crippen molar-refractivity contribution in [3.05, 3.63) is 83.4 Å². The number of amidine groups is 1. The summed E-state index contributed by atoms with van der Waals surface area (Å²) in [6.45, 7) is 1.85. The molecule has 0 radical (unpaired) electrons. The van der Waals surface area contributed by atoms with Crippen LogP contribution in [0.15, 0.2) is 65.8 Å². The van der Waals surface area contributed by atoms with Gasteiger partial charge in [-0.1, -0.05) is 24.3 Å². The number of carbonyl (C=O) groups is 1. The first-order chi connectivity index (χ1) is 14.5. The number of aromatic amines is 1. The van der Waals surface area contributed by atoms with Crippen LogP contribution in [0.5, 0.6) is 5.75 Å². The Morgan fingerprint density at radius 1 is 1.17 bits per heavy atom. The van der Waals surface area contributed by atoms with E-state index in [1.165, 1.54) is 24.4 Å². The number of H-pyrrole nitrogens is 1. The summed E-state index contributed by atoms with van der Waals surface area (Å²) in [6, 6.07) is 14.0. The maximum atomic E-state index is 12.9. The van der Waals surface area contributed by atoms with Crippen molar-refractivity contribution in [3.63, 3.8) is 0 Å². The molecule has 2 heterocycles. The van der Waals surface area contributed by atoms with Crippen LogP contribution in [0, 0.1) is 5.41 Å². The molecular formula is C21H18F2N4O3. The van der Waals surface area contributed by atoms with E-state index in [9.17, 15) is 13.6 Å². The average molecular weight is 412 g/mol. The van der Waals surface area contributed by atoms with E-state index in [0.29, 0.717) is 5.75 Å². The second-order valence-electron chi connectivity index (χ2n) is 5.92. The summed E-state index contributed by atoms with van der Waals surface area (Å²) in [5.41, 5.74) is -0.183. The first kappa shape index (κ1) is 20.8. The fourth-order valence-electron chi connectivity index (χ4n) is 2.52. The molecule has 30 heavy (non-hydrogen) atoms. The molecule has 0 atom stereocenters. The summed E-state index contributed by atoms with van der Waals surface area (Å²) >= 11 is 0. The maximum Gasteiger partial charge on any atom is 0.340 e. The lowest BCUT2D eigenvalue weighted by Crippen LogP contribution is -2.18. The Hall–Kier alpha value is -3.88. The van der Waals surface area contributed by atoms with Gasteiger partial charge in [-0.05, 0) is 37.3 Å². The monoisotopic (exact) mass is 412 g/mol. The third kappa shape index (κ3) is 4.93. The molecule has 7 nitrogen and oxygen atoms in total. The minimum absolute atomic E-state index is 0.0637. The summed E-state index contributed by atoms with van der Waals surface area (Å²) in [5, 5.41) is 8.22. The molecule has 2 aromatic heterocycles. The standard InChI is InChI=1S/C21H18F2N4O3/c1-2-29-21(28)14-11-12-25-17(14)20(30-13-7-4-3-5-8-13)27-19(24)16-10-6-9-15(26-16)18(22)23/h3-12,18,24-25H,2H2,1H3/b24-19?,27-20+. The summed E-state index contributed by atoms with van der Waals surface area (Å²) in [6.07, 6.45) is -1.27. The molecule has 1 aromatic carbocycles. The number of carbonyl (C=O) groups excluding carboxylic acids is 1. The molecule has 0 bridgehead atoms. The number of para-hydroxylation sites is 1. The Morgan fingerprint density at radius 2 is 1.93 bits per heavy atom. The molecule has 0 unspecified atom stereocenters. The number of pyridine rings is 1.